The maximum Gasteiger partial charge on any atom is 0.233 e. The summed E-state index contributed by atoms with van der Waals surface area (Å²) in [6.45, 7) is 6.65. The summed E-state index contributed by atoms with van der Waals surface area (Å²) in [5.41, 5.74) is 2.39. The highest BCUT2D eigenvalue weighted by atomic mass is 35.5. The van der Waals surface area contributed by atoms with E-state index in [4.69, 9.17) is 11.6 Å². The minimum Gasteiger partial charge on any atom is -0.369 e. The SMILES string of the molecule is CC(Sc1ccc(Cl)cc1)C(=O)NCc1ccccc1N1CCN(C)CC1. The smallest absolute Gasteiger partial charge is 0.233 e. The predicted molar refractivity (Wildman–Crippen MR) is 115 cm³/mol. The topological polar surface area (TPSA) is 35.6 Å². The molecule has 3 rings (SSSR count). The molecule has 1 N–H and O–H groups in total. The number of halogens is 1. The van der Waals surface area contributed by atoms with Crippen LogP contribution in [0.2, 0.25) is 5.02 Å². The molecule has 0 aromatic heterocycles. The summed E-state index contributed by atoms with van der Waals surface area (Å²) in [6, 6.07) is 15.9. The molecule has 144 valence electrons. The molecule has 1 atom stereocenters. The van der Waals surface area contributed by atoms with E-state index in [1.807, 2.05) is 37.3 Å². The molecule has 0 radical (unpaired) electrons. The maximum absolute atomic E-state index is 12.5. The minimum absolute atomic E-state index is 0.0446. The lowest BCUT2D eigenvalue weighted by Gasteiger charge is -2.35. The van der Waals surface area contributed by atoms with Gasteiger partial charge in [0.05, 0.1) is 5.25 Å². The number of nitrogens with zero attached hydrogens (tertiary/aromatic N) is 2. The van der Waals surface area contributed by atoms with Gasteiger partial charge in [0.15, 0.2) is 0 Å². The zero-order valence-electron chi connectivity index (χ0n) is 15.8. The maximum atomic E-state index is 12.5. The van der Waals surface area contributed by atoms with E-state index in [2.05, 4.69) is 40.4 Å². The summed E-state index contributed by atoms with van der Waals surface area (Å²) in [5, 5.41) is 3.64. The van der Waals surface area contributed by atoms with Gasteiger partial charge in [-0.25, -0.2) is 0 Å². The highest BCUT2D eigenvalue weighted by Crippen LogP contribution is 2.25. The first-order valence-corrected chi connectivity index (χ1v) is 10.5. The summed E-state index contributed by atoms with van der Waals surface area (Å²) >= 11 is 7.46. The number of thioether (sulfide) groups is 1. The molecule has 1 saturated heterocycles. The highest BCUT2D eigenvalue weighted by molar-refractivity contribution is 8.00. The van der Waals surface area contributed by atoms with Crippen LogP contribution in [0.1, 0.15) is 12.5 Å². The lowest BCUT2D eigenvalue weighted by Crippen LogP contribution is -2.45. The molecule has 4 nitrogen and oxygen atoms in total. The van der Waals surface area contributed by atoms with E-state index in [1.54, 1.807) is 11.8 Å². The monoisotopic (exact) mass is 403 g/mol. The van der Waals surface area contributed by atoms with Gasteiger partial charge in [0.1, 0.15) is 0 Å². The number of rotatable bonds is 6. The van der Waals surface area contributed by atoms with Gasteiger partial charge in [0.25, 0.3) is 0 Å². The Labute approximate surface area is 170 Å². The average molecular weight is 404 g/mol. The number of hydrogen-bond donors (Lipinski definition) is 1. The Morgan fingerprint density at radius 2 is 1.78 bits per heavy atom. The summed E-state index contributed by atoms with van der Waals surface area (Å²) < 4.78 is 0. The largest absolute Gasteiger partial charge is 0.369 e. The van der Waals surface area contributed by atoms with E-state index in [0.29, 0.717) is 11.6 Å². The molecule has 6 heteroatoms. The lowest BCUT2D eigenvalue weighted by molar-refractivity contribution is -0.120. The van der Waals surface area contributed by atoms with Gasteiger partial charge >= 0.3 is 0 Å². The molecule has 1 heterocycles. The van der Waals surface area contributed by atoms with Gasteiger partial charge in [-0.15, -0.1) is 11.8 Å². The second-order valence-corrected chi connectivity index (χ2v) is 8.70. The van der Waals surface area contributed by atoms with Crippen molar-refractivity contribution in [2.45, 2.75) is 23.6 Å². The quantitative estimate of drug-likeness (QED) is 0.742. The number of anilines is 1. The van der Waals surface area contributed by atoms with Crippen molar-refractivity contribution >= 4 is 35.0 Å². The number of carbonyl (C=O) groups excluding carboxylic acids is 1. The van der Waals surface area contributed by atoms with E-state index < -0.39 is 0 Å². The molecular formula is C21H26ClN3OS. The highest BCUT2D eigenvalue weighted by Gasteiger charge is 2.18. The van der Waals surface area contributed by atoms with Crippen molar-refractivity contribution in [1.82, 2.24) is 10.2 Å². The number of amides is 1. The number of nitrogens with one attached hydrogen (secondary N) is 1. The summed E-state index contributed by atoms with van der Waals surface area (Å²) in [7, 11) is 2.16. The van der Waals surface area contributed by atoms with Crippen LogP contribution in [0.3, 0.4) is 0 Å². The molecule has 0 aliphatic carbocycles. The Bertz CT molecular complexity index is 760. The van der Waals surface area contributed by atoms with Crippen LogP contribution in [0.5, 0.6) is 0 Å². The molecular weight excluding hydrogens is 378 g/mol. The minimum atomic E-state index is -0.165. The zero-order valence-corrected chi connectivity index (χ0v) is 17.4. The number of hydrogen-bond acceptors (Lipinski definition) is 4. The van der Waals surface area contributed by atoms with Crippen molar-refractivity contribution in [3.8, 4) is 0 Å². The summed E-state index contributed by atoms with van der Waals surface area (Å²) in [6.07, 6.45) is 0. The van der Waals surface area contributed by atoms with Gasteiger partial charge < -0.3 is 15.1 Å². The third-order valence-corrected chi connectivity index (χ3v) is 6.15. The third-order valence-electron chi connectivity index (χ3n) is 4.78. The Morgan fingerprint density at radius 1 is 1.11 bits per heavy atom. The van der Waals surface area contributed by atoms with Crippen LogP contribution in [0, 0.1) is 0 Å². The third kappa shape index (κ3) is 5.64. The van der Waals surface area contributed by atoms with E-state index >= 15 is 0 Å². The number of benzene rings is 2. The van der Waals surface area contributed by atoms with Gasteiger partial charge in [0, 0.05) is 48.3 Å². The second kappa shape index (κ2) is 9.49. The van der Waals surface area contributed by atoms with Crippen LogP contribution in [-0.4, -0.2) is 49.3 Å². The molecule has 0 bridgehead atoms. The zero-order chi connectivity index (χ0) is 19.2. The molecule has 1 aliphatic heterocycles. The molecule has 2 aromatic rings. The van der Waals surface area contributed by atoms with Crippen LogP contribution in [0.25, 0.3) is 0 Å². The molecule has 1 unspecified atom stereocenters. The molecule has 0 saturated carbocycles. The fourth-order valence-corrected chi connectivity index (χ4v) is 4.13. The molecule has 1 amide bonds. The van der Waals surface area contributed by atoms with Crippen molar-refractivity contribution in [3.05, 3.63) is 59.1 Å². The van der Waals surface area contributed by atoms with Crippen LogP contribution in [0.4, 0.5) is 5.69 Å². The van der Waals surface area contributed by atoms with Crippen molar-refractivity contribution in [2.75, 3.05) is 38.1 Å². The first kappa shape index (κ1) is 20.1. The van der Waals surface area contributed by atoms with E-state index in [1.165, 1.54) is 11.3 Å². The van der Waals surface area contributed by atoms with Crippen molar-refractivity contribution in [3.63, 3.8) is 0 Å². The van der Waals surface area contributed by atoms with Gasteiger partial charge in [-0.05, 0) is 49.9 Å². The standard InChI is InChI=1S/C21H26ClN3OS/c1-16(27-19-9-7-18(22)8-10-19)21(26)23-15-17-5-3-4-6-20(17)25-13-11-24(2)12-14-25/h3-10,16H,11-15H2,1-2H3,(H,23,26). The second-order valence-electron chi connectivity index (χ2n) is 6.85. The van der Waals surface area contributed by atoms with Crippen molar-refractivity contribution in [1.29, 1.82) is 0 Å². The normalized spacial score (nSPS) is 16.2. The molecule has 1 fully saturated rings. The Kier molecular flexibility index (Phi) is 7.05. The summed E-state index contributed by atoms with van der Waals surface area (Å²) in [4.78, 5) is 18.3. The van der Waals surface area contributed by atoms with Crippen LogP contribution in [0.15, 0.2) is 53.4 Å². The first-order chi connectivity index (χ1) is 13.0. The van der Waals surface area contributed by atoms with Gasteiger partial charge in [-0.1, -0.05) is 29.8 Å². The van der Waals surface area contributed by atoms with E-state index in [-0.39, 0.29) is 11.2 Å². The fraction of sp³-hybridized carbons (Fsp3) is 0.381. The van der Waals surface area contributed by atoms with Gasteiger partial charge in [0.2, 0.25) is 5.91 Å². The Morgan fingerprint density at radius 3 is 2.48 bits per heavy atom. The molecule has 2 aromatic carbocycles. The van der Waals surface area contributed by atoms with E-state index in [0.717, 1.165) is 31.1 Å². The number of carbonyl (C=O) groups is 1. The average Bonchev–Trinajstić information content (AvgIpc) is 2.68. The molecule has 27 heavy (non-hydrogen) atoms. The van der Waals surface area contributed by atoms with Crippen LogP contribution in [-0.2, 0) is 11.3 Å². The lowest BCUT2D eigenvalue weighted by atomic mass is 10.1. The molecule has 0 spiro atoms. The number of piperazine rings is 1. The van der Waals surface area contributed by atoms with Crippen molar-refractivity contribution in [2.24, 2.45) is 0 Å². The number of para-hydroxylation sites is 1. The Hall–Kier alpha value is -1.69. The van der Waals surface area contributed by atoms with Gasteiger partial charge in [-0.3, -0.25) is 4.79 Å². The predicted octanol–water partition coefficient (Wildman–Crippen LogP) is 3.89. The van der Waals surface area contributed by atoms with Crippen LogP contribution >= 0.6 is 23.4 Å². The Balaban J connectivity index is 1.57. The van der Waals surface area contributed by atoms with Gasteiger partial charge in [-0.2, -0.15) is 0 Å². The fourth-order valence-electron chi connectivity index (χ4n) is 3.11. The van der Waals surface area contributed by atoms with Crippen molar-refractivity contribution < 1.29 is 4.79 Å². The van der Waals surface area contributed by atoms with E-state index in [9.17, 15) is 4.79 Å². The van der Waals surface area contributed by atoms with Crippen LogP contribution < -0.4 is 10.2 Å². The first-order valence-electron chi connectivity index (χ1n) is 9.24. The number of likely N-dealkylation sites (N-methyl/N-ethyl adjacent to an activating group) is 1. The summed E-state index contributed by atoms with van der Waals surface area (Å²) in [5.74, 6) is 0.0446. The molecule has 1 aliphatic rings.